The number of rotatable bonds is 6. The van der Waals surface area contributed by atoms with E-state index in [0.717, 1.165) is 48.1 Å². The molecule has 2 aromatic heterocycles. The van der Waals surface area contributed by atoms with Crippen LogP contribution in [0.25, 0.3) is 10.9 Å². The zero-order valence-corrected chi connectivity index (χ0v) is 19.6. The van der Waals surface area contributed by atoms with Crippen LogP contribution in [0.2, 0.25) is 0 Å². The number of nitrogens with one attached hydrogen (secondary N) is 2. The minimum absolute atomic E-state index is 0.151. The molecule has 0 spiro atoms. The predicted molar refractivity (Wildman–Crippen MR) is 131 cm³/mol. The molecule has 174 valence electrons. The lowest BCUT2D eigenvalue weighted by atomic mass is 10.1. The smallest absolute Gasteiger partial charge is 0.257 e. The van der Waals surface area contributed by atoms with Gasteiger partial charge < -0.3 is 25.2 Å². The van der Waals surface area contributed by atoms with Gasteiger partial charge in [0.25, 0.3) is 5.91 Å². The maximum atomic E-state index is 13.5. The molecule has 1 aromatic carbocycles. The van der Waals surface area contributed by atoms with Crippen LogP contribution in [0.4, 0.5) is 11.4 Å². The van der Waals surface area contributed by atoms with Crippen molar-refractivity contribution in [1.29, 1.82) is 0 Å². The number of carbonyl (C=O) groups is 1. The van der Waals surface area contributed by atoms with Crippen LogP contribution >= 0.6 is 0 Å². The molecule has 0 bridgehead atoms. The van der Waals surface area contributed by atoms with E-state index in [1.54, 1.807) is 37.4 Å². The van der Waals surface area contributed by atoms with Crippen LogP contribution in [0.1, 0.15) is 47.5 Å². The molecule has 2 atom stereocenters. The number of amides is 1. The quantitative estimate of drug-likeness (QED) is 0.535. The Morgan fingerprint density at radius 1 is 1.33 bits per heavy atom. The Morgan fingerprint density at radius 2 is 2.12 bits per heavy atom. The normalized spacial score (nSPS) is 17.0. The van der Waals surface area contributed by atoms with Crippen molar-refractivity contribution in [2.24, 2.45) is 0 Å². The fourth-order valence-corrected chi connectivity index (χ4v) is 4.57. The van der Waals surface area contributed by atoms with Crippen LogP contribution in [0, 0.1) is 6.92 Å². The van der Waals surface area contributed by atoms with E-state index in [1.807, 2.05) is 27.1 Å². The average molecular weight is 450 g/mol. The number of anilines is 2. The minimum Gasteiger partial charge on any atom is -0.387 e. The number of H-pyrrole nitrogens is 1. The first kappa shape index (κ1) is 22.9. The van der Waals surface area contributed by atoms with Crippen molar-refractivity contribution in [2.75, 3.05) is 37.4 Å². The molecular formula is C25H31N5O3. The SMILES string of the molecule is Cc1cc(=O)[nH]c2ccc(NC(=O)c3cc(C(C)O)ncc3N3CCCC3CN(C)C)cc12. The summed E-state index contributed by atoms with van der Waals surface area (Å²) in [6.45, 7) is 5.26. The second-order valence-corrected chi connectivity index (χ2v) is 9.09. The van der Waals surface area contributed by atoms with E-state index < -0.39 is 6.10 Å². The summed E-state index contributed by atoms with van der Waals surface area (Å²) in [7, 11) is 4.10. The number of nitrogens with zero attached hydrogens (tertiary/aromatic N) is 3. The maximum absolute atomic E-state index is 13.5. The number of hydrogen-bond acceptors (Lipinski definition) is 6. The summed E-state index contributed by atoms with van der Waals surface area (Å²) >= 11 is 0. The van der Waals surface area contributed by atoms with Crippen LogP contribution in [-0.2, 0) is 0 Å². The Balaban J connectivity index is 1.69. The van der Waals surface area contributed by atoms with E-state index in [0.29, 0.717) is 23.0 Å². The van der Waals surface area contributed by atoms with E-state index in [2.05, 4.69) is 25.1 Å². The summed E-state index contributed by atoms with van der Waals surface area (Å²) in [5.74, 6) is -0.258. The first-order valence-electron chi connectivity index (χ1n) is 11.3. The molecular weight excluding hydrogens is 418 g/mol. The Kier molecular flexibility index (Phi) is 6.49. The molecule has 8 nitrogen and oxygen atoms in total. The van der Waals surface area contributed by atoms with Gasteiger partial charge in [0, 0.05) is 41.8 Å². The number of pyridine rings is 2. The van der Waals surface area contributed by atoms with E-state index in [4.69, 9.17) is 0 Å². The van der Waals surface area contributed by atoms with Crippen molar-refractivity contribution >= 4 is 28.2 Å². The number of aryl methyl sites for hydroxylation is 1. The largest absolute Gasteiger partial charge is 0.387 e. The zero-order chi connectivity index (χ0) is 23.7. The molecule has 8 heteroatoms. The van der Waals surface area contributed by atoms with Gasteiger partial charge in [-0.05, 0) is 70.6 Å². The molecule has 0 radical (unpaired) electrons. The molecule has 2 unspecified atom stereocenters. The molecule has 3 N–H and O–H groups in total. The summed E-state index contributed by atoms with van der Waals surface area (Å²) in [5, 5.41) is 13.9. The molecule has 1 amide bonds. The lowest BCUT2D eigenvalue weighted by Crippen LogP contribution is -2.38. The molecule has 4 rings (SSSR count). The van der Waals surface area contributed by atoms with Crippen LogP contribution in [-0.4, -0.2) is 59.1 Å². The van der Waals surface area contributed by atoms with E-state index in [1.165, 1.54) is 0 Å². The maximum Gasteiger partial charge on any atom is 0.257 e. The van der Waals surface area contributed by atoms with Crippen LogP contribution in [0.15, 0.2) is 41.3 Å². The lowest BCUT2D eigenvalue weighted by molar-refractivity contribution is 0.102. The molecule has 0 saturated carbocycles. The Bertz CT molecular complexity index is 1230. The third-order valence-corrected chi connectivity index (χ3v) is 6.15. The third kappa shape index (κ3) is 4.91. The van der Waals surface area contributed by atoms with Crippen LogP contribution in [0.5, 0.6) is 0 Å². The van der Waals surface area contributed by atoms with Crippen molar-refractivity contribution in [3.63, 3.8) is 0 Å². The Hall–Kier alpha value is -3.23. The highest BCUT2D eigenvalue weighted by Gasteiger charge is 2.29. The van der Waals surface area contributed by atoms with E-state index in [-0.39, 0.29) is 11.5 Å². The Labute approximate surface area is 193 Å². The van der Waals surface area contributed by atoms with Crippen molar-refractivity contribution in [1.82, 2.24) is 14.9 Å². The van der Waals surface area contributed by atoms with E-state index in [9.17, 15) is 14.7 Å². The van der Waals surface area contributed by atoms with E-state index >= 15 is 0 Å². The lowest BCUT2D eigenvalue weighted by Gasteiger charge is -2.30. The van der Waals surface area contributed by atoms with Gasteiger partial charge in [-0.3, -0.25) is 14.6 Å². The Morgan fingerprint density at radius 3 is 2.85 bits per heavy atom. The van der Waals surface area contributed by atoms with Crippen molar-refractivity contribution in [2.45, 2.75) is 38.8 Å². The topological polar surface area (TPSA) is 102 Å². The standard InChI is InChI=1S/C25H31N5O3/c1-15-10-24(32)28-21-8-7-17(11-19(15)21)27-25(33)20-12-22(16(2)31)26-13-23(20)30-9-5-6-18(30)14-29(3)4/h7-8,10-13,16,18,31H,5-6,9,14H2,1-4H3,(H,27,33)(H,28,32). The molecule has 0 aliphatic carbocycles. The highest BCUT2D eigenvalue weighted by Crippen LogP contribution is 2.31. The zero-order valence-electron chi connectivity index (χ0n) is 19.6. The third-order valence-electron chi connectivity index (χ3n) is 6.15. The number of aromatic amines is 1. The van der Waals surface area contributed by atoms with Gasteiger partial charge >= 0.3 is 0 Å². The number of hydrogen-bond donors (Lipinski definition) is 3. The summed E-state index contributed by atoms with van der Waals surface area (Å²) in [5.41, 5.74) is 3.78. The number of carbonyl (C=O) groups excluding carboxylic acids is 1. The summed E-state index contributed by atoms with van der Waals surface area (Å²) in [6.07, 6.45) is 3.04. The second kappa shape index (κ2) is 9.33. The van der Waals surface area contributed by atoms with Gasteiger partial charge in [0.1, 0.15) is 0 Å². The van der Waals surface area contributed by atoms with Crippen molar-refractivity contribution in [3.8, 4) is 0 Å². The van der Waals surface area contributed by atoms with Gasteiger partial charge in [0.2, 0.25) is 5.56 Å². The van der Waals surface area contributed by atoms with Gasteiger partial charge in [-0.15, -0.1) is 0 Å². The fraction of sp³-hybridized carbons (Fsp3) is 0.400. The highest BCUT2D eigenvalue weighted by molar-refractivity contribution is 6.09. The van der Waals surface area contributed by atoms with Gasteiger partial charge in [-0.2, -0.15) is 0 Å². The second-order valence-electron chi connectivity index (χ2n) is 9.09. The first-order valence-corrected chi connectivity index (χ1v) is 11.3. The van der Waals surface area contributed by atoms with Gasteiger partial charge in [0.15, 0.2) is 0 Å². The van der Waals surface area contributed by atoms with Gasteiger partial charge in [-0.25, -0.2) is 0 Å². The number of benzene rings is 1. The average Bonchev–Trinajstić information content (AvgIpc) is 3.20. The van der Waals surface area contributed by atoms with Crippen molar-refractivity contribution in [3.05, 3.63) is 63.7 Å². The minimum atomic E-state index is -0.776. The number of aromatic nitrogens is 2. The van der Waals surface area contributed by atoms with Gasteiger partial charge in [-0.1, -0.05) is 0 Å². The summed E-state index contributed by atoms with van der Waals surface area (Å²) < 4.78 is 0. The fourth-order valence-electron chi connectivity index (χ4n) is 4.57. The number of aliphatic hydroxyl groups is 1. The molecule has 1 fully saturated rings. The molecule has 3 aromatic rings. The molecule has 33 heavy (non-hydrogen) atoms. The molecule has 1 aliphatic rings. The number of fused-ring (bicyclic) bond motifs is 1. The van der Waals surface area contributed by atoms with Crippen LogP contribution in [0.3, 0.4) is 0 Å². The van der Waals surface area contributed by atoms with Gasteiger partial charge in [0.05, 0.1) is 29.2 Å². The summed E-state index contributed by atoms with van der Waals surface area (Å²) in [4.78, 5) is 36.8. The summed E-state index contributed by atoms with van der Waals surface area (Å²) in [6, 6.07) is 8.95. The molecule has 1 saturated heterocycles. The molecule has 1 aliphatic heterocycles. The monoisotopic (exact) mass is 449 g/mol. The number of aliphatic hydroxyl groups excluding tert-OH is 1. The highest BCUT2D eigenvalue weighted by atomic mass is 16.3. The van der Waals surface area contributed by atoms with Crippen molar-refractivity contribution < 1.29 is 9.90 Å². The predicted octanol–water partition coefficient (Wildman–Crippen LogP) is 3.07. The van der Waals surface area contributed by atoms with Crippen LogP contribution < -0.4 is 15.8 Å². The number of likely N-dealkylation sites (N-methyl/N-ethyl adjacent to an activating group) is 1. The molecule has 3 heterocycles. The first-order chi connectivity index (χ1) is 15.7.